The predicted octanol–water partition coefficient (Wildman–Crippen LogP) is 18.7. The highest BCUT2D eigenvalue weighted by atomic mass is 15.1. The van der Waals surface area contributed by atoms with Gasteiger partial charge in [-0.2, -0.15) is 0 Å². The van der Waals surface area contributed by atoms with Crippen molar-refractivity contribution in [2.24, 2.45) is 0 Å². The topological polar surface area (TPSA) is 8.17 Å². The van der Waals surface area contributed by atoms with Gasteiger partial charge >= 0.3 is 0 Å². The third kappa shape index (κ3) is 6.86. The normalized spacial score (nSPS) is 12.3. The minimum atomic E-state index is -0.0230. The van der Waals surface area contributed by atoms with Gasteiger partial charge in [0.05, 0.1) is 28.1 Å². The van der Waals surface area contributed by atoms with Crippen molar-refractivity contribution < 1.29 is 0 Å². The molecule has 0 unspecified atom stereocenters. The highest BCUT2D eigenvalue weighted by Gasteiger charge is 2.24. The fourth-order valence-corrected chi connectivity index (χ4v) is 10.7. The van der Waals surface area contributed by atoms with Crippen LogP contribution < -0.4 is 4.90 Å². The summed E-state index contributed by atoms with van der Waals surface area (Å²) in [6, 6.07) is 81.5. The second kappa shape index (κ2) is 15.9. The summed E-state index contributed by atoms with van der Waals surface area (Å²) in [6.45, 7) is 13.8. The van der Waals surface area contributed by atoms with E-state index in [1.54, 1.807) is 0 Å². The van der Waals surface area contributed by atoms with E-state index in [1.165, 1.54) is 104 Å². The second-order valence-electron chi connectivity index (χ2n) is 20.6. The summed E-state index contributed by atoms with van der Waals surface area (Å²) in [7, 11) is 0. The zero-order chi connectivity index (χ0) is 46.3. The summed E-state index contributed by atoms with van der Waals surface area (Å²) >= 11 is 0. The van der Waals surface area contributed by atoms with Crippen molar-refractivity contribution >= 4 is 71.2 Å². The standard InChI is InChI=1S/C66H54N2/c1-65(2,3)48-33-27-44(28-34-48)51-38-35-49(66(4,5)6)42-57(51)47-19-16-20-50(41-47)67(58-24-13-10-21-52(58)43-17-8-7-9-18-43)61-39-31-45-30-37-56-62(40-32-46-29-36-55(61)63(45)64(46)56)68-59-25-14-11-22-53(59)54-23-12-15-26-60(54)68/h7-42H,1-6H3. The summed E-state index contributed by atoms with van der Waals surface area (Å²) in [4.78, 5) is 2.51. The number of hydrogen-bond donors (Lipinski definition) is 0. The molecule has 2 nitrogen and oxygen atoms in total. The Labute approximate surface area is 399 Å². The number of aromatic nitrogens is 1. The van der Waals surface area contributed by atoms with Crippen molar-refractivity contribution in [3.05, 3.63) is 230 Å². The molecule has 12 aromatic rings. The molecule has 12 rings (SSSR count). The molecule has 0 N–H and O–H groups in total. The van der Waals surface area contributed by atoms with Gasteiger partial charge in [-0.05, 0) is 114 Å². The van der Waals surface area contributed by atoms with E-state index in [4.69, 9.17) is 0 Å². The van der Waals surface area contributed by atoms with Gasteiger partial charge in [-0.3, -0.25) is 0 Å². The Kier molecular flexibility index (Phi) is 9.67. The van der Waals surface area contributed by atoms with E-state index in [1.807, 2.05) is 0 Å². The highest BCUT2D eigenvalue weighted by molar-refractivity contribution is 6.27. The van der Waals surface area contributed by atoms with E-state index in [9.17, 15) is 0 Å². The highest BCUT2D eigenvalue weighted by Crippen LogP contribution is 2.49. The van der Waals surface area contributed by atoms with Crippen molar-refractivity contribution in [1.29, 1.82) is 0 Å². The van der Waals surface area contributed by atoms with Crippen LogP contribution in [-0.2, 0) is 10.8 Å². The molecule has 0 aliphatic heterocycles. The summed E-state index contributed by atoms with van der Waals surface area (Å²) in [5.74, 6) is 0. The lowest BCUT2D eigenvalue weighted by atomic mass is 9.82. The Morgan fingerprint density at radius 1 is 0.338 bits per heavy atom. The summed E-state index contributed by atoms with van der Waals surface area (Å²) in [5, 5.41) is 10.0. The fraction of sp³-hybridized carbons (Fsp3) is 0.121. The molecule has 0 radical (unpaired) electrons. The molecule has 1 heterocycles. The molecular weight excluding hydrogens is 821 g/mol. The third-order valence-corrected chi connectivity index (χ3v) is 14.3. The fourth-order valence-electron chi connectivity index (χ4n) is 10.7. The maximum atomic E-state index is 2.51. The van der Waals surface area contributed by atoms with E-state index in [0.717, 1.165) is 17.1 Å². The van der Waals surface area contributed by atoms with Crippen LogP contribution in [0.25, 0.3) is 93.2 Å². The first-order valence-corrected chi connectivity index (χ1v) is 24.0. The molecular formula is C66H54N2. The zero-order valence-electron chi connectivity index (χ0n) is 39.7. The Balaban J connectivity index is 1.10. The molecule has 0 atom stereocenters. The maximum Gasteiger partial charge on any atom is 0.0541 e. The molecule has 68 heavy (non-hydrogen) atoms. The van der Waals surface area contributed by atoms with Crippen LogP contribution in [0.5, 0.6) is 0 Å². The van der Waals surface area contributed by atoms with Crippen molar-refractivity contribution in [2.45, 2.75) is 52.4 Å². The Hall–Kier alpha value is -7.94. The van der Waals surface area contributed by atoms with Crippen LogP contribution in [0.3, 0.4) is 0 Å². The van der Waals surface area contributed by atoms with Crippen molar-refractivity contribution in [3.63, 3.8) is 0 Å². The van der Waals surface area contributed by atoms with Crippen LogP contribution in [0.2, 0.25) is 0 Å². The van der Waals surface area contributed by atoms with Gasteiger partial charge in [-0.1, -0.05) is 217 Å². The SMILES string of the molecule is CC(C)(C)c1ccc(-c2ccc(C(C)(C)C)cc2-c2cccc(N(c3ccccc3-c3ccccc3)c3ccc4ccc5c(-n6c7ccccc7c7ccccc76)ccc6ccc3c4c65)c2)cc1. The molecule has 2 heteroatoms. The number of anilines is 3. The summed E-state index contributed by atoms with van der Waals surface area (Å²) < 4.78 is 2.47. The molecule has 0 fully saturated rings. The third-order valence-electron chi connectivity index (χ3n) is 14.3. The second-order valence-corrected chi connectivity index (χ2v) is 20.6. The van der Waals surface area contributed by atoms with Crippen molar-refractivity contribution in [1.82, 2.24) is 4.57 Å². The molecule has 0 aliphatic carbocycles. The van der Waals surface area contributed by atoms with Gasteiger partial charge in [0, 0.05) is 32.8 Å². The number of nitrogens with zero attached hydrogens (tertiary/aromatic N) is 2. The van der Waals surface area contributed by atoms with Gasteiger partial charge in [0.1, 0.15) is 0 Å². The molecule has 0 saturated heterocycles. The Morgan fingerprint density at radius 3 is 1.60 bits per heavy atom. The number of fused-ring (bicyclic) bond motifs is 3. The number of rotatable bonds is 7. The molecule has 0 spiro atoms. The van der Waals surface area contributed by atoms with E-state index < -0.39 is 0 Å². The van der Waals surface area contributed by atoms with Crippen LogP contribution in [0.1, 0.15) is 52.7 Å². The Bertz CT molecular complexity index is 3800. The minimum Gasteiger partial charge on any atom is -0.309 e. The van der Waals surface area contributed by atoms with Crippen LogP contribution in [-0.4, -0.2) is 4.57 Å². The lowest BCUT2D eigenvalue weighted by Gasteiger charge is -2.30. The van der Waals surface area contributed by atoms with Gasteiger partial charge in [0.15, 0.2) is 0 Å². The smallest absolute Gasteiger partial charge is 0.0541 e. The zero-order valence-corrected chi connectivity index (χ0v) is 39.7. The Morgan fingerprint density at radius 2 is 0.897 bits per heavy atom. The molecule has 1 aromatic heterocycles. The minimum absolute atomic E-state index is 0.0230. The molecule has 0 amide bonds. The summed E-state index contributed by atoms with van der Waals surface area (Å²) in [5.41, 5.74) is 16.9. The molecule has 0 saturated carbocycles. The number of para-hydroxylation sites is 3. The molecule has 11 aromatic carbocycles. The van der Waals surface area contributed by atoms with Crippen LogP contribution in [0, 0.1) is 0 Å². The monoisotopic (exact) mass is 874 g/mol. The number of benzene rings is 11. The van der Waals surface area contributed by atoms with Gasteiger partial charge in [-0.15, -0.1) is 0 Å². The van der Waals surface area contributed by atoms with E-state index in [0.29, 0.717) is 0 Å². The van der Waals surface area contributed by atoms with Gasteiger partial charge in [-0.25, -0.2) is 0 Å². The largest absolute Gasteiger partial charge is 0.309 e. The average molecular weight is 875 g/mol. The van der Waals surface area contributed by atoms with E-state index >= 15 is 0 Å². The quantitative estimate of drug-likeness (QED) is 0.145. The lowest BCUT2D eigenvalue weighted by Crippen LogP contribution is -2.12. The molecule has 0 bridgehead atoms. The van der Waals surface area contributed by atoms with Crippen LogP contribution in [0.15, 0.2) is 218 Å². The van der Waals surface area contributed by atoms with Crippen LogP contribution in [0.4, 0.5) is 17.1 Å². The lowest BCUT2D eigenvalue weighted by molar-refractivity contribution is 0.590. The van der Waals surface area contributed by atoms with E-state index in [-0.39, 0.29) is 10.8 Å². The maximum absolute atomic E-state index is 2.51. The van der Waals surface area contributed by atoms with Crippen molar-refractivity contribution in [2.75, 3.05) is 4.90 Å². The first kappa shape index (κ1) is 41.5. The first-order chi connectivity index (χ1) is 33.0. The van der Waals surface area contributed by atoms with Crippen LogP contribution >= 0.6 is 0 Å². The van der Waals surface area contributed by atoms with E-state index in [2.05, 4.69) is 269 Å². The molecule has 0 aliphatic rings. The van der Waals surface area contributed by atoms with Crippen molar-refractivity contribution in [3.8, 4) is 39.1 Å². The predicted molar refractivity (Wildman–Crippen MR) is 293 cm³/mol. The van der Waals surface area contributed by atoms with Gasteiger partial charge in [0.2, 0.25) is 0 Å². The first-order valence-electron chi connectivity index (χ1n) is 24.0. The van der Waals surface area contributed by atoms with Gasteiger partial charge in [0.25, 0.3) is 0 Å². The number of hydrogen-bond acceptors (Lipinski definition) is 1. The molecule has 328 valence electrons. The van der Waals surface area contributed by atoms with Gasteiger partial charge < -0.3 is 9.47 Å². The average Bonchev–Trinajstić information content (AvgIpc) is 3.70. The summed E-state index contributed by atoms with van der Waals surface area (Å²) in [6.07, 6.45) is 0.